The Hall–Kier alpha value is -0.630. The molecule has 2 heteroatoms. The van der Waals surface area contributed by atoms with E-state index in [2.05, 4.69) is 18.5 Å². The van der Waals surface area contributed by atoms with E-state index in [1.165, 1.54) is 0 Å². The Balaban J connectivity index is 3.39. The highest BCUT2D eigenvalue weighted by atomic mass is 32.1. The summed E-state index contributed by atoms with van der Waals surface area (Å²) >= 11 is 4.78. The van der Waals surface area contributed by atoms with Gasteiger partial charge in [0.2, 0.25) is 0 Å². The molecule has 0 aliphatic heterocycles. The van der Waals surface area contributed by atoms with Crippen molar-refractivity contribution in [3.63, 3.8) is 0 Å². The van der Waals surface area contributed by atoms with Crippen molar-refractivity contribution in [1.82, 2.24) is 5.32 Å². The van der Waals surface area contributed by atoms with E-state index >= 15 is 0 Å². The van der Waals surface area contributed by atoms with Gasteiger partial charge in [0, 0.05) is 6.54 Å². The number of hydrogen-bond donors (Lipinski definition) is 1. The van der Waals surface area contributed by atoms with Crippen molar-refractivity contribution in [3.8, 4) is 0 Å². The van der Waals surface area contributed by atoms with Gasteiger partial charge in [0.05, 0.1) is 4.99 Å². The molecule has 0 aromatic rings. The second kappa shape index (κ2) is 4.27. The largest absolute Gasteiger partial charge is 0.376 e. The molecule has 0 atom stereocenters. The van der Waals surface area contributed by atoms with Crippen LogP contribution >= 0.6 is 12.2 Å². The lowest BCUT2D eigenvalue weighted by Gasteiger charge is -2.01. The maximum absolute atomic E-state index is 4.78. The zero-order valence-electron chi connectivity index (χ0n) is 5.61. The predicted octanol–water partition coefficient (Wildman–Crippen LogP) is 1.67. The second-order valence-electron chi connectivity index (χ2n) is 1.77. The molecule has 0 rings (SSSR count). The molecule has 0 saturated carbocycles. The molecule has 0 fully saturated rings. The van der Waals surface area contributed by atoms with Crippen LogP contribution < -0.4 is 5.32 Å². The number of thiocarbonyl (C=S) groups is 1. The molecule has 0 aromatic heterocycles. The molecule has 50 valence electrons. The minimum atomic E-state index is 0.707. The summed E-state index contributed by atoms with van der Waals surface area (Å²) in [5.41, 5.74) is 0.958. The minimum Gasteiger partial charge on any atom is -0.376 e. The predicted molar refractivity (Wildman–Crippen MR) is 45.6 cm³/mol. The van der Waals surface area contributed by atoms with Gasteiger partial charge in [-0.05, 0) is 12.5 Å². The highest BCUT2D eigenvalue weighted by Gasteiger charge is 1.85. The minimum absolute atomic E-state index is 0.707. The molecule has 0 unspecified atom stereocenters. The van der Waals surface area contributed by atoms with Gasteiger partial charge < -0.3 is 5.32 Å². The number of hydrogen-bond acceptors (Lipinski definition) is 1. The van der Waals surface area contributed by atoms with E-state index in [9.17, 15) is 0 Å². The molecular formula is C7H11NS. The summed E-state index contributed by atoms with van der Waals surface area (Å²) in [6, 6.07) is 0. The van der Waals surface area contributed by atoms with Gasteiger partial charge in [-0.3, -0.25) is 0 Å². The third kappa shape index (κ3) is 5.24. The SMILES string of the molecule is C=CC(=C)CNC(C)=S. The molecule has 9 heavy (non-hydrogen) atoms. The normalized spacial score (nSPS) is 8.11. The van der Waals surface area contributed by atoms with Crippen molar-refractivity contribution in [2.24, 2.45) is 0 Å². The van der Waals surface area contributed by atoms with E-state index in [1.807, 2.05) is 6.92 Å². The van der Waals surface area contributed by atoms with Crippen LogP contribution in [0.15, 0.2) is 24.8 Å². The van der Waals surface area contributed by atoms with Crippen LogP contribution in [-0.4, -0.2) is 11.5 Å². The lowest BCUT2D eigenvalue weighted by atomic mass is 10.3. The third-order valence-corrected chi connectivity index (χ3v) is 0.997. The van der Waals surface area contributed by atoms with Gasteiger partial charge in [0.1, 0.15) is 0 Å². The van der Waals surface area contributed by atoms with Crippen molar-refractivity contribution >= 4 is 17.2 Å². The summed E-state index contributed by atoms with van der Waals surface area (Å²) in [4.78, 5) is 0.790. The van der Waals surface area contributed by atoms with Gasteiger partial charge in [-0.25, -0.2) is 0 Å². The second-order valence-corrected chi connectivity index (χ2v) is 2.38. The van der Waals surface area contributed by atoms with Crippen LogP contribution in [0.4, 0.5) is 0 Å². The lowest BCUT2D eigenvalue weighted by molar-refractivity contribution is 1.02. The molecule has 0 spiro atoms. The fourth-order valence-corrected chi connectivity index (χ4v) is 0.382. The highest BCUT2D eigenvalue weighted by molar-refractivity contribution is 7.80. The van der Waals surface area contributed by atoms with E-state index in [0.29, 0.717) is 6.54 Å². The summed E-state index contributed by atoms with van der Waals surface area (Å²) in [5.74, 6) is 0. The molecule has 1 nitrogen and oxygen atoms in total. The average molecular weight is 141 g/mol. The lowest BCUT2D eigenvalue weighted by Crippen LogP contribution is -2.19. The smallest absolute Gasteiger partial charge is 0.0724 e. The first-order valence-electron chi connectivity index (χ1n) is 2.71. The average Bonchev–Trinajstić information content (AvgIpc) is 1.83. The molecule has 0 saturated heterocycles. The molecule has 0 heterocycles. The van der Waals surface area contributed by atoms with Gasteiger partial charge in [-0.1, -0.05) is 31.5 Å². The van der Waals surface area contributed by atoms with Crippen LogP contribution in [0.3, 0.4) is 0 Å². The van der Waals surface area contributed by atoms with Crippen LogP contribution in [0.5, 0.6) is 0 Å². The maximum atomic E-state index is 4.78. The Morgan fingerprint density at radius 1 is 1.78 bits per heavy atom. The fraction of sp³-hybridized carbons (Fsp3) is 0.286. The number of rotatable bonds is 3. The van der Waals surface area contributed by atoms with Crippen molar-refractivity contribution in [2.45, 2.75) is 6.92 Å². The quantitative estimate of drug-likeness (QED) is 0.474. The van der Waals surface area contributed by atoms with Gasteiger partial charge in [0.25, 0.3) is 0 Å². The first kappa shape index (κ1) is 8.37. The van der Waals surface area contributed by atoms with Crippen LogP contribution in [-0.2, 0) is 0 Å². The van der Waals surface area contributed by atoms with E-state index in [4.69, 9.17) is 12.2 Å². The Morgan fingerprint density at radius 2 is 2.33 bits per heavy atom. The topological polar surface area (TPSA) is 12.0 Å². The van der Waals surface area contributed by atoms with Crippen molar-refractivity contribution < 1.29 is 0 Å². The van der Waals surface area contributed by atoms with Crippen LogP contribution in [0.25, 0.3) is 0 Å². The zero-order valence-corrected chi connectivity index (χ0v) is 6.42. The number of nitrogens with one attached hydrogen (secondary N) is 1. The zero-order chi connectivity index (χ0) is 7.28. The van der Waals surface area contributed by atoms with Crippen molar-refractivity contribution in [1.29, 1.82) is 0 Å². The molecule has 0 aliphatic rings. The Kier molecular flexibility index (Phi) is 3.97. The summed E-state index contributed by atoms with van der Waals surface area (Å²) < 4.78 is 0. The molecule has 0 bridgehead atoms. The maximum Gasteiger partial charge on any atom is 0.0724 e. The summed E-state index contributed by atoms with van der Waals surface area (Å²) in [7, 11) is 0. The summed E-state index contributed by atoms with van der Waals surface area (Å²) in [6.45, 7) is 9.81. The Labute approximate surface area is 61.5 Å². The standard InChI is InChI=1S/C7H11NS/c1-4-6(2)5-8-7(3)9/h4H,1-2,5H2,3H3,(H,8,9). The highest BCUT2D eigenvalue weighted by Crippen LogP contribution is 1.85. The first-order valence-corrected chi connectivity index (χ1v) is 3.12. The molecule has 0 aliphatic carbocycles. The molecule has 0 radical (unpaired) electrons. The van der Waals surface area contributed by atoms with Crippen LogP contribution in [0, 0.1) is 0 Å². The third-order valence-electron chi connectivity index (χ3n) is 0.853. The van der Waals surface area contributed by atoms with Gasteiger partial charge in [0.15, 0.2) is 0 Å². The van der Waals surface area contributed by atoms with E-state index < -0.39 is 0 Å². The van der Waals surface area contributed by atoms with Gasteiger partial charge in [-0.2, -0.15) is 0 Å². The van der Waals surface area contributed by atoms with Crippen molar-refractivity contribution in [2.75, 3.05) is 6.54 Å². The molecule has 0 aromatic carbocycles. The Bertz CT molecular complexity index is 138. The summed E-state index contributed by atoms with van der Waals surface area (Å²) in [5, 5.41) is 2.96. The van der Waals surface area contributed by atoms with E-state index in [0.717, 1.165) is 10.6 Å². The Morgan fingerprint density at radius 3 is 2.67 bits per heavy atom. The van der Waals surface area contributed by atoms with Gasteiger partial charge >= 0.3 is 0 Å². The van der Waals surface area contributed by atoms with E-state index in [-0.39, 0.29) is 0 Å². The first-order chi connectivity index (χ1) is 4.16. The van der Waals surface area contributed by atoms with Gasteiger partial charge in [-0.15, -0.1) is 0 Å². The van der Waals surface area contributed by atoms with Crippen LogP contribution in [0.1, 0.15) is 6.92 Å². The van der Waals surface area contributed by atoms with E-state index in [1.54, 1.807) is 6.08 Å². The van der Waals surface area contributed by atoms with Crippen LogP contribution in [0.2, 0.25) is 0 Å². The van der Waals surface area contributed by atoms with Crippen molar-refractivity contribution in [3.05, 3.63) is 24.8 Å². The fourth-order valence-electron chi connectivity index (χ4n) is 0.310. The molecule has 0 amide bonds. The molecule has 1 N–H and O–H groups in total. The monoisotopic (exact) mass is 141 g/mol. The molecular weight excluding hydrogens is 130 g/mol. The summed E-state index contributed by atoms with van der Waals surface area (Å²) in [6.07, 6.45) is 1.71.